The highest BCUT2D eigenvalue weighted by Gasteiger charge is 2.20. The molecule has 3 aromatic carbocycles. The number of fused-ring (bicyclic) bond motifs is 1. The van der Waals surface area contributed by atoms with E-state index in [2.05, 4.69) is 0 Å². The lowest BCUT2D eigenvalue weighted by Crippen LogP contribution is -2.31. The molecule has 4 rings (SSSR count). The van der Waals surface area contributed by atoms with Crippen LogP contribution in [0.3, 0.4) is 0 Å². The van der Waals surface area contributed by atoms with Crippen LogP contribution in [0.4, 0.5) is 16.2 Å². The highest BCUT2D eigenvalue weighted by molar-refractivity contribution is 6.05. The number of hydrogen-bond acceptors (Lipinski definition) is 3. The Morgan fingerprint density at radius 1 is 0.964 bits per heavy atom. The number of aryl methyl sites for hydroxylation is 2. The van der Waals surface area contributed by atoms with Crippen molar-refractivity contribution in [3.8, 4) is 11.5 Å². The Kier molecular flexibility index (Phi) is 4.49. The normalized spacial score (nSPS) is 10.8. The van der Waals surface area contributed by atoms with Crippen LogP contribution in [0.5, 0.6) is 11.5 Å². The van der Waals surface area contributed by atoms with Crippen molar-refractivity contribution in [1.29, 1.82) is 0 Å². The summed E-state index contributed by atoms with van der Waals surface area (Å²) in [6.45, 7) is 3.80. The van der Waals surface area contributed by atoms with Gasteiger partial charge in [0.05, 0.1) is 11.4 Å². The van der Waals surface area contributed by atoms with E-state index in [4.69, 9.17) is 14.9 Å². The third-order valence-corrected chi connectivity index (χ3v) is 4.50. The summed E-state index contributed by atoms with van der Waals surface area (Å²) >= 11 is 0. The molecule has 0 atom stereocenters. The topological polar surface area (TPSA) is 68.7 Å². The van der Waals surface area contributed by atoms with Gasteiger partial charge in [-0.25, -0.2) is 4.79 Å². The van der Waals surface area contributed by atoms with Crippen LogP contribution in [0.1, 0.15) is 11.3 Å². The van der Waals surface area contributed by atoms with Gasteiger partial charge in [-0.15, -0.1) is 0 Å². The summed E-state index contributed by atoms with van der Waals surface area (Å²) in [5.41, 5.74) is 8.49. The number of anilines is 2. The zero-order valence-electron chi connectivity index (χ0n) is 15.7. The van der Waals surface area contributed by atoms with Crippen LogP contribution in [0.15, 0.2) is 77.2 Å². The van der Waals surface area contributed by atoms with E-state index in [0.29, 0.717) is 22.7 Å². The van der Waals surface area contributed by atoms with Gasteiger partial charge in [0.25, 0.3) is 0 Å². The predicted molar refractivity (Wildman–Crippen MR) is 110 cm³/mol. The molecule has 5 nitrogen and oxygen atoms in total. The monoisotopic (exact) mass is 372 g/mol. The number of carbonyl (C=O) groups excluding carboxylic acids is 1. The summed E-state index contributed by atoms with van der Waals surface area (Å²) in [7, 11) is 0. The number of urea groups is 1. The van der Waals surface area contributed by atoms with Crippen molar-refractivity contribution in [3.05, 3.63) is 84.1 Å². The van der Waals surface area contributed by atoms with Crippen LogP contribution in [-0.4, -0.2) is 6.03 Å². The first kappa shape index (κ1) is 17.7. The maximum atomic E-state index is 12.3. The number of carbonyl (C=O) groups is 1. The maximum absolute atomic E-state index is 12.3. The van der Waals surface area contributed by atoms with E-state index in [9.17, 15) is 4.79 Å². The van der Waals surface area contributed by atoms with Crippen LogP contribution in [0.25, 0.3) is 11.0 Å². The van der Waals surface area contributed by atoms with Crippen molar-refractivity contribution in [1.82, 2.24) is 0 Å². The summed E-state index contributed by atoms with van der Waals surface area (Å²) in [5.74, 6) is 2.24. The summed E-state index contributed by atoms with van der Waals surface area (Å²) in [6, 6.07) is 22.1. The summed E-state index contributed by atoms with van der Waals surface area (Å²) in [6.07, 6.45) is 0. The molecule has 0 aliphatic heterocycles. The number of para-hydroxylation sites is 2. The van der Waals surface area contributed by atoms with Crippen LogP contribution < -0.4 is 15.4 Å². The van der Waals surface area contributed by atoms with Crippen molar-refractivity contribution < 1.29 is 13.9 Å². The van der Waals surface area contributed by atoms with Crippen LogP contribution in [-0.2, 0) is 0 Å². The maximum Gasteiger partial charge on any atom is 0.324 e. The van der Waals surface area contributed by atoms with Gasteiger partial charge in [0.15, 0.2) is 5.58 Å². The average molecular weight is 372 g/mol. The molecule has 0 aliphatic rings. The summed E-state index contributed by atoms with van der Waals surface area (Å²) in [5, 5.41) is 0.919. The molecular formula is C23H20N2O3. The molecule has 0 unspecified atom stereocenters. The quantitative estimate of drug-likeness (QED) is 0.473. The van der Waals surface area contributed by atoms with E-state index < -0.39 is 6.03 Å². The number of benzene rings is 3. The first-order chi connectivity index (χ1) is 13.5. The van der Waals surface area contributed by atoms with Gasteiger partial charge in [-0.05, 0) is 61.9 Å². The first-order valence-electron chi connectivity index (χ1n) is 8.95. The zero-order chi connectivity index (χ0) is 19.7. The third-order valence-electron chi connectivity index (χ3n) is 4.50. The Labute approximate surface area is 162 Å². The molecule has 2 N–H and O–H groups in total. The summed E-state index contributed by atoms with van der Waals surface area (Å²) < 4.78 is 11.7. The van der Waals surface area contributed by atoms with E-state index >= 15 is 0 Å². The molecule has 4 aromatic rings. The number of ether oxygens (including phenoxy) is 1. The second-order valence-corrected chi connectivity index (χ2v) is 6.59. The smallest absolute Gasteiger partial charge is 0.324 e. The lowest BCUT2D eigenvalue weighted by molar-refractivity contribution is 0.256. The molecule has 0 saturated carbocycles. The molecular weight excluding hydrogens is 352 g/mol. The van der Waals surface area contributed by atoms with Gasteiger partial charge < -0.3 is 14.9 Å². The van der Waals surface area contributed by atoms with Gasteiger partial charge in [0.1, 0.15) is 17.3 Å². The zero-order valence-corrected chi connectivity index (χ0v) is 15.7. The van der Waals surface area contributed by atoms with Crippen LogP contribution in [0, 0.1) is 13.8 Å². The largest absolute Gasteiger partial charge is 0.459 e. The first-order valence-corrected chi connectivity index (χ1v) is 8.95. The minimum absolute atomic E-state index is 0.585. The molecule has 1 aromatic heterocycles. The molecule has 140 valence electrons. The van der Waals surface area contributed by atoms with Gasteiger partial charge in [-0.2, -0.15) is 0 Å². The van der Waals surface area contributed by atoms with E-state index in [-0.39, 0.29) is 0 Å². The fourth-order valence-electron chi connectivity index (χ4n) is 3.24. The Morgan fingerprint density at radius 2 is 1.75 bits per heavy atom. The van der Waals surface area contributed by atoms with Crippen molar-refractivity contribution in [2.75, 3.05) is 4.90 Å². The van der Waals surface area contributed by atoms with Crippen molar-refractivity contribution in [3.63, 3.8) is 0 Å². The van der Waals surface area contributed by atoms with Crippen molar-refractivity contribution in [2.45, 2.75) is 13.8 Å². The van der Waals surface area contributed by atoms with Crippen molar-refractivity contribution >= 4 is 28.4 Å². The molecule has 0 aliphatic carbocycles. The lowest BCUT2D eigenvalue weighted by atomic mass is 10.1. The molecule has 0 fully saturated rings. The standard InChI is InChI=1S/C23H20N2O3/c1-15-13-18(11-12-21(15)28-19-8-4-3-5-9-19)25(23(24)26)20-10-6-7-17-14-16(2)27-22(17)20/h3-14H,1-2H3,(H2,24,26). The fourth-order valence-corrected chi connectivity index (χ4v) is 3.24. The van der Waals surface area contributed by atoms with Crippen LogP contribution in [0.2, 0.25) is 0 Å². The molecule has 5 heteroatoms. The minimum atomic E-state index is -0.585. The second kappa shape index (κ2) is 7.12. The molecule has 0 bridgehead atoms. The SMILES string of the molecule is Cc1cc2cccc(N(C(N)=O)c3ccc(Oc4ccccc4)c(C)c3)c2o1. The van der Waals surface area contributed by atoms with Crippen LogP contribution >= 0.6 is 0 Å². The number of hydrogen-bond donors (Lipinski definition) is 1. The van der Waals surface area contributed by atoms with Gasteiger partial charge in [-0.1, -0.05) is 30.3 Å². The number of nitrogens with two attached hydrogens (primary N) is 1. The average Bonchev–Trinajstić information content (AvgIpc) is 3.06. The molecule has 0 saturated heterocycles. The van der Waals surface area contributed by atoms with E-state index in [0.717, 1.165) is 22.5 Å². The molecule has 1 heterocycles. The van der Waals surface area contributed by atoms with Gasteiger partial charge in [0, 0.05) is 5.39 Å². The highest BCUT2D eigenvalue weighted by Crippen LogP contribution is 2.36. The predicted octanol–water partition coefficient (Wildman–Crippen LogP) is 6.06. The van der Waals surface area contributed by atoms with Crippen molar-refractivity contribution in [2.24, 2.45) is 5.73 Å². The number of furan rings is 1. The number of rotatable bonds is 4. The summed E-state index contributed by atoms with van der Waals surface area (Å²) in [4.78, 5) is 13.8. The molecule has 0 spiro atoms. The second-order valence-electron chi connectivity index (χ2n) is 6.59. The highest BCUT2D eigenvalue weighted by atomic mass is 16.5. The molecule has 28 heavy (non-hydrogen) atoms. The Bertz CT molecular complexity index is 1150. The number of primary amides is 1. The number of nitrogens with zero attached hydrogens (tertiary/aromatic N) is 1. The fraction of sp³-hybridized carbons (Fsp3) is 0.0870. The van der Waals surface area contributed by atoms with E-state index in [1.807, 2.05) is 86.6 Å². The Hall–Kier alpha value is -3.73. The Morgan fingerprint density at radius 3 is 2.46 bits per heavy atom. The molecule has 2 amide bonds. The minimum Gasteiger partial charge on any atom is -0.459 e. The number of amides is 2. The third kappa shape index (κ3) is 3.30. The van der Waals surface area contributed by atoms with E-state index in [1.54, 1.807) is 0 Å². The van der Waals surface area contributed by atoms with Gasteiger partial charge >= 0.3 is 6.03 Å². The van der Waals surface area contributed by atoms with Gasteiger partial charge in [-0.3, -0.25) is 4.90 Å². The Balaban J connectivity index is 1.74. The van der Waals surface area contributed by atoms with E-state index in [1.165, 1.54) is 4.90 Å². The van der Waals surface area contributed by atoms with Gasteiger partial charge in [0.2, 0.25) is 0 Å². The molecule has 0 radical (unpaired) electrons. The lowest BCUT2D eigenvalue weighted by Gasteiger charge is -2.22.